The number of allylic oxidation sites excluding steroid dienone is 1. The van der Waals surface area contributed by atoms with Crippen LogP contribution in [-0.2, 0) is 4.74 Å². The van der Waals surface area contributed by atoms with E-state index < -0.39 is 0 Å². The van der Waals surface area contributed by atoms with Crippen molar-refractivity contribution >= 4 is 6.21 Å². The van der Waals surface area contributed by atoms with Crippen molar-refractivity contribution in [3.05, 3.63) is 11.8 Å². The maximum absolute atomic E-state index is 5.39. The molecular formula is C9H14N2O. The second-order valence-corrected chi connectivity index (χ2v) is 3.70. The number of hydrogen-bond donors (Lipinski definition) is 1. The zero-order valence-corrected chi connectivity index (χ0v) is 7.66. The third-order valence-electron chi connectivity index (χ3n) is 2.39. The lowest BCUT2D eigenvalue weighted by Gasteiger charge is -2.27. The summed E-state index contributed by atoms with van der Waals surface area (Å²) in [5.41, 5.74) is 0.916. The van der Waals surface area contributed by atoms with Crippen molar-refractivity contribution in [2.45, 2.75) is 38.6 Å². The molecule has 1 saturated heterocycles. The van der Waals surface area contributed by atoms with Crippen LogP contribution in [0.25, 0.3) is 0 Å². The minimum Gasteiger partial charge on any atom is -0.365 e. The molecule has 0 radical (unpaired) electrons. The molecule has 0 saturated carbocycles. The Balaban J connectivity index is 2.10. The lowest BCUT2D eigenvalue weighted by molar-refractivity contribution is 0.276. The number of nitrogens with one attached hydrogen (secondary N) is 1. The summed E-state index contributed by atoms with van der Waals surface area (Å²) >= 11 is 0. The zero-order chi connectivity index (χ0) is 8.77. The summed E-state index contributed by atoms with van der Waals surface area (Å²) in [5, 5.41) is 3.25. The second-order valence-electron chi connectivity index (χ2n) is 3.70. The molecule has 1 N–H and O–H groups in total. The predicted molar refractivity (Wildman–Crippen MR) is 48.1 cm³/mol. The van der Waals surface area contributed by atoms with Gasteiger partial charge in [0.2, 0.25) is 0 Å². The van der Waals surface area contributed by atoms with Crippen molar-refractivity contribution in [2.24, 2.45) is 4.99 Å². The molecule has 3 heteroatoms. The highest BCUT2D eigenvalue weighted by atomic mass is 16.6. The largest absolute Gasteiger partial charge is 0.365 e. The third-order valence-corrected chi connectivity index (χ3v) is 2.39. The number of aliphatic imine (C=N–C) groups is 1. The smallest absolute Gasteiger partial charge is 0.155 e. The van der Waals surface area contributed by atoms with E-state index in [0.29, 0.717) is 6.10 Å². The summed E-state index contributed by atoms with van der Waals surface area (Å²) in [6.07, 6.45) is 4.45. The van der Waals surface area contributed by atoms with Gasteiger partial charge in [0, 0.05) is 12.4 Å². The molecule has 0 aromatic rings. The van der Waals surface area contributed by atoms with E-state index >= 15 is 0 Å². The first kappa shape index (κ1) is 7.80. The van der Waals surface area contributed by atoms with E-state index in [1.165, 1.54) is 0 Å². The van der Waals surface area contributed by atoms with Crippen LogP contribution in [0.15, 0.2) is 16.8 Å². The fourth-order valence-corrected chi connectivity index (χ4v) is 1.50. The normalized spacial score (nSPS) is 45.1. The van der Waals surface area contributed by atoms with Crippen LogP contribution >= 0.6 is 0 Å². The molecule has 0 aliphatic carbocycles. The van der Waals surface area contributed by atoms with Gasteiger partial charge in [0.05, 0.1) is 6.10 Å². The number of ether oxygens (including phenoxy) is 1. The van der Waals surface area contributed by atoms with Gasteiger partial charge in [-0.25, -0.2) is 0 Å². The number of hydrogen-bond acceptors (Lipinski definition) is 3. The van der Waals surface area contributed by atoms with E-state index in [2.05, 4.69) is 24.2 Å². The summed E-state index contributed by atoms with van der Waals surface area (Å²) in [4.78, 5) is 4.43. The Morgan fingerprint density at radius 2 is 2.33 bits per heavy atom. The molecule has 0 spiro atoms. The van der Waals surface area contributed by atoms with Crippen molar-refractivity contribution in [3.63, 3.8) is 0 Å². The van der Waals surface area contributed by atoms with Crippen LogP contribution in [0.4, 0.5) is 0 Å². The van der Waals surface area contributed by atoms with Crippen LogP contribution in [0.1, 0.15) is 20.8 Å². The number of nitrogens with zero attached hydrogens (tertiary/aromatic N) is 1. The SMILES string of the molecule is CC1=CNC(C)([C@H]2O[C@@H]2C)N=C1. The summed E-state index contributed by atoms with van der Waals surface area (Å²) in [6.45, 7) is 6.15. The third kappa shape index (κ3) is 1.14. The molecule has 0 bridgehead atoms. The maximum Gasteiger partial charge on any atom is 0.155 e. The first-order valence-electron chi connectivity index (χ1n) is 4.27. The quantitative estimate of drug-likeness (QED) is 0.591. The lowest BCUT2D eigenvalue weighted by Crippen LogP contribution is -2.45. The Bertz CT molecular complexity index is 259. The van der Waals surface area contributed by atoms with Crippen LogP contribution in [0, 0.1) is 0 Å². The molecule has 2 aliphatic rings. The zero-order valence-electron chi connectivity index (χ0n) is 7.66. The van der Waals surface area contributed by atoms with Gasteiger partial charge in [-0.1, -0.05) is 0 Å². The average Bonchev–Trinajstić information content (AvgIpc) is 2.75. The molecule has 0 aromatic heterocycles. The van der Waals surface area contributed by atoms with Gasteiger partial charge in [-0.05, 0) is 26.3 Å². The second kappa shape index (κ2) is 2.33. The van der Waals surface area contributed by atoms with E-state index in [0.717, 1.165) is 5.57 Å². The molecular weight excluding hydrogens is 152 g/mol. The highest BCUT2D eigenvalue weighted by molar-refractivity contribution is 5.78. The molecule has 2 heterocycles. The van der Waals surface area contributed by atoms with Gasteiger partial charge in [-0.3, -0.25) is 4.99 Å². The minimum atomic E-state index is -0.237. The highest BCUT2D eigenvalue weighted by Gasteiger charge is 2.49. The first-order chi connectivity index (χ1) is 5.62. The van der Waals surface area contributed by atoms with Gasteiger partial charge in [-0.15, -0.1) is 0 Å². The summed E-state index contributed by atoms with van der Waals surface area (Å²) in [6, 6.07) is 0. The Kier molecular flexibility index (Phi) is 1.51. The Morgan fingerprint density at radius 1 is 1.67 bits per heavy atom. The molecule has 2 aliphatic heterocycles. The Labute approximate surface area is 72.5 Å². The number of epoxide rings is 1. The van der Waals surface area contributed by atoms with Gasteiger partial charge in [0.25, 0.3) is 0 Å². The summed E-state index contributed by atoms with van der Waals surface area (Å²) in [7, 11) is 0. The summed E-state index contributed by atoms with van der Waals surface area (Å²) < 4.78 is 5.39. The van der Waals surface area contributed by atoms with Gasteiger partial charge in [0.1, 0.15) is 6.10 Å². The molecule has 66 valence electrons. The monoisotopic (exact) mass is 166 g/mol. The topological polar surface area (TPSA) is 36.9 Å². The van der Waals surface area contributed by atoms with Crippen molar-refractivity contribution in [2.75, 3.05) is 0 Å². The van der Waals surface area contributed by atoms with Crippen LogP contribution in [-0.4, -0.2) is 24.1 Å². The van der Waals surface area contributed by atoms with Crippen molar-refractivity contribution in [1.29, 1.82) is 0 Å². The van der Waals surface area contributed by atoms with Crippen molar-refractivity contribution < 1.29 is 4.74 Å². The van der Waals surface area contributed by atoms with Crippen LogP contribution in [0.5, 0.6) is 0 Å². The first-order valence-corrected chi connectivity index (χ1v) is 4.27. The molecule has 3 nitrogen and oxygen atoms in total. The predicted octanol–water partition coefficient (Wildman–Crippen LogP) is 1.07. The molecule has 1 unspecified atom stereocenters. The van der Waals surface area contributed by atoms with E-state index in [1.807, 2.05) is 19.3 Å². The minimum absolute atomic E-state index is 0.234. The molecule has 12 heavy (non-hydrogen) atoms. The van der Waals surface area contributed by atoms with E-state index in [-0.39, 0.29) is 11.8 Å². The van der Waals surface area contributed by atoms with E-state index in [9.17, 15) is 0 Å². The molecule has 0 aromatic carbocycles. The fraction of sp³-hybridized carbons (Fsp3) is 0.667. The van der Waals surface area contributed by atoms with E-state index in [1.54, 1.807) is 0 Å². The average molecular weight is 166 g/mol. The maximum atomic E-state index is 5.39. The van der Waals surface area contributed by atoms with Crippen molar-refractivity contribution in [3.8, 4) is 0 Å². The van der Waals surface area contributed by atoms with E-state index in [4.69, 9.17) is 4.74 Å². The van der Waals surface area contributed by atoms with Crippen molar-refractivity contribution in [1.82, 2.24) is 5.32 Å². The van der Waals surface area contributed by atoms with Crippen LogP contribution < -0.4 is 5.32 Å². The Hall–Kier alpha value is -0.830. The Morgan fingerprint density at radius 3 is 2.75 bits per heavy atom. The van der Waals surface area contributed by atoms with Gasteiger partial charge in [-0.2, -0.15) is 0 Å². The lowest BCUT2D eigenvalue weighted by atomic mass is 10.1. The molecule has 2 rings (SSSR count). The van der Waals surface area contributed by atoms with Gasteiger partial charge in [0.15, 0.2) is 5.66 Å². The fourth-order valence-electron chi connectivity index (χ4n) is 1.50. The van der Waals surface area contributed by atoms with Crippen LogP contribution in [0.2, 0.25) is 0 Å². The van der Waals surface area contributed by atoms with Gasteiger partial charge < -0.3 is 10.1 Å². The number of rotatable bonds is 1. The van der Waals surface area contributed by atoms with Crippen LogP contribution in [0.3, 0.4) is 0 Å². The van der Waals surface area contributed by atoms with Gasteiger partial charge >= 0.3 is 0 Å². The molecule has 3 atom stereocenters. The molecule has 0 amide bonds. The standard InChI is InChI=1S/C9H14N2O/c1-6-4-10-9(3,11-5-6)8-7(2)12-8/h4-5,7-8,10H,1-3H3/t7-,8+,9?/m1/s1. The highest BCUT2D eigenvalue weighted by Crippen LogP contribution is 2.33. The summed E-state index contributed by atoms with van der Waals surface area (Å²) in [5.74, 6) is 0. The molecule has 1 fully saturated rings.